The zero-order valence-electron chi connectivity index (χ0n) is 22.0. The van der Waals surface area contributed by atoms with Gasteiger partial charge < -0.3 is 20.1 Å². The number of piperidine rings is 1. The highest BCUT2D eigenvalue weighted by molar-refractivity contribution is 5.85. The van der Waals surface area contributed by atoms with Gasteiger partial charge in [-0.25, -0.2) is 23.0 Å². The first-order valence-electron chi connectivity index (χ1n) is 13.0. The molecule has 216 valence electrons. The molecule has 1 amide bonds. The Morgan fingerprint density at radius 2 is 1.88 bits per heavy atom. The van der Waals surface area contributed by atoms with Crippen molar-refractivity contribution in [3.8, 4) is 5.75 Å². The number of hydroxylamine groups is 1. The summed E-state index contributed by atoms with van der Waals surface area (Å²) in [6, 6.07) is 6.90. The van der Waals surface area contributed by atoms with Crippen LogP contribution < -0.4 is 15.5 Å². The number of halogens is 4. The highest BCUT2D eigenvalue weighted by Gasteiger charge is 2.41. The van der Waals surface area contributed by atoms with Gasteiger partial charge in [0, 0.05) is 48.1 Å². The van der Waals surface area contributed by atoms with Crippen LogP contribution in [-0.4, -0.2) is 59.4 Å². The second-order valence-electron chi connectivity index (χ2n) is 10.0. The second kappa shape index (κ2) is 12.8. The number of nitrogens with zero attached hydrogens (tertiary/aromatic N) is 2. The average molecular weight is 565 g/mol. The molecule has 12 heteroatoms. The van der Waals surface area contributed by atoms with E-state index in [9.17, 15) is 32.7 Å². The van der Waals surface area contributed by atoms with Crippen LogP contribution in [0.3, 0.4) is 0 Å². The number of likely N-dealkylation sites (tertiary alicyclic amines) is 1. The van der Waals surface area contributed by atoms with E-state index in [1.807, 2.05) is 4.90 Å². The molecule has 8 nitrogen and oxygen atoms in total. The quantitative estimate of drug-likeness (QED) is 0.116. The van der Waals surface area contributed by atoms with Gasteiger partial charge in [0.15, 0.2) is 17.5 Å². The summed E-state index contributed by atoms with van der Waals surface area (Å²) in [7, 11) is 1.51. The molecule has 1 aromatic heterocycles. The molecule has 1 saturated heterocycles. The van der Waals surface area contributed by atoms with Gasteiger partial charge in [0.1, 0.15) is 12.4 Å². The fourth-order valence-electron chi connectivity index (χ4n) is 5.35. The molecule has 1 atom stereocenters. The summed E-state index contributed by atoms with van der Waals surface area (Å²) >= 11 is 0. The van der Waals surface area contributed by atoms with E-state index in [0.29, 0.717) is 61.2 Å². The monoisotopic (exact) mass is 564 g/mol. The number of rotatable bonds is 11. The van der Waals surface area contributed by atoms with E-state index in [1.54, 1.807) is 23.7 Å². The van der Waals surface area contributed by atoms with Crippen LogP contribution in [0.1, 0.15) is 42.9 Å². The van der Waals surface area contributed by atoms with Gasteiger partial charge in [-0.05, 0) is 62.5 Å². The van der Waals surface area contributed by atoms with Crippen LogP contribution in [-0.2, 0) is 11.5 Å². The maximum atomic E-state index is 13.9. The van der Waals surface area contributed by atoms with Crippen molar-refractivity contribution in [2.75, 3.05) is 38.6 Å². The molecule has 1 unspecified atom stereocenters. The predicted octanol–water partition coefficient (Wildman–Crippen LogP) is 4.64. The lowest BCUT2D eigenvalue weighted by atomic mass is 9.73. The first-order chi connectivity index (χ1) is 19.2. The van der Waals surface area contributed by atoms with E-state index >= 15 is 0 Å². The molecule has 0 aliphatic carbocycles. The summed E-state index contributed by atoms with van der Waals surface area (Å²) in [6.45, 7) is 0.970. The minimum Gasteiger partial charge on any atom is -0.497 e. The molecule has 0 spiro atoms. The third kappa shape index (κ3) is 6.29. The van der Waals surface area contributed by atoms with Gasteiger partial charge in [0.2, 0.25) is 5.91 Å². The average Bonchev–Trinajstić information content (AvgIpc) is 2.97. The molecular weight excluding hydrogens is 532 g/mol. The molecule has 0 bridgehead atoms. The Balaban J connectivity index is 1.41. The number of carbonyl (C=O) groups is 1. The SMILES string of the molecule is COc1ccc2ncc(CF)c(C(O)CCC3(C(=O)NO)CCN(CCNc4cc(F)c(F)c(F)c4)CC3)c2c1. The van der Waals surface area contributed by atoms with Gasteiger partial charge >= 0.3 is 0 Å². The number of nitrogens with one attached hydrogen (secondary N) is 2. The van der Waals surface area contributed by atoms with Crippen LogP contribution in [0.25, 0.3) is 10.9 Å². The molecule has 3 aromatic rings. The van der Waals surface area contributed by atoms with Crippen molar-refractivity contribution in [1.82, 2.24) is 15.4 Å². The number of methoxy groups -OCH3 is 1. The number of amides is 1. The Morgan fingerprint density at radius 1 is 1.18 bits per heavy atom. The highest BCUT2D eigenvalue weighted by atomic mass is 19.2. The summed E-state index contributed by atoms with van der Waals surface area (Å²) < 4.78 is 59.2. The van der Waals surface area contributed by atoms with E-state index in [1.165, 1.54) is 13.3 Å². The van der Waals surface area contributed by atoms with E-state index in [-0.39, 0.29) is 24.1 Å². The lowest BCUT2D eigenvalue weighted by Crippen LogP contribution is -2.49. The van der Waals surface area contributed by atoms with Crippen molar-refractivity contribution in [2.24, 2.45) is 5.41 Å². The first-order valence-corrected chi connectivity index (χ1v) is 13.0. The van der Waals surface area contributed by atoms with E-state index < -0.39 is 41.6 Å². The smallest absolute Gasteiger partial charge is 0.249 e. The molecule has 40 heavy (non-hydrogen) atoms. The molecule has 1 fully saturated rings. The van der Waals surface area contributed by atoms with Crippen LogP contribution >= 0.6 is 0 Å². The molecule has 2 aromatic carbocycles. The number of benzene rings is 2. The number of fused-ring (bicyclic) bond motifs is 1. The largest absolute Gasteiger partial charge is 0.497 e. The number of anilines is 1. The van der Waals surface area contributed by atoms with Gasteiger partial charge in [-0.2, -0.15) is 0 Å². The number of alkyl halides is 1. The van der Waals surface area contributed by atoms with Crippen molar-refractivity contribution < 1.29 is 37.4 Å². The minimum absolute atomic E-state index is 0.116. The number of aliphatic hydroxyl groups is 1. The minimum atomic E-state index is -1.53. The van der Waals surface area contributed by atoms with E-state index in [0.717, 1.165) is 12.1 Å². The topological polar surface area (TPSA) is 107 Å². The van der Waals surface area contributed by atoms with Crippen molar-refractivity contribution >= 4 is 22.5 Å². The molecule has 1 aliphatic rings. The van der Waals surface area contributed by atoms with Gasteiger partial charge in [0.25, 0.3) is 0 Å². The van der Waals surface area contributed by atoms with Gasteiger partial charge in [0.05, 0.1) is 24.1 Å². The van der Waals surface area contributed by atoms with E-state index in [4.69, 9.17) is 4.74 Å². The number of aromatic nitrogens is 1. The number of hydrogen-bond acceptors (Lipinski definition) is 7. The fourth-order valence-corrected chi connectivity index (χ4v) is 5.35. The Morgan fingerprint density at radius 3 is 2.50 bits per heavy atom. The Labute approximate surface area is 228 Å². The van der Waals surface area contributed by atoms with Crippen molar-refractivity contribution in [1.29, 1.82) is 0 Å². The highest BCUT2D eigenvalue weighted by Crippen LogP contribution is 2.40. The van der Waals surface area contributed by atoms with Crippen LogP contribution in [0.2, 0.25) is 0 Å². The summed E-state index contributed by atoms with van der Waals surface area (Å²) in [5.74, 6) is -4.10. The molecule has 4 N–H and O–H groups in total. The summed E-state index contributed by atoms with van der Waals surface area (Å²) in [4.78, 5) is 19.1. The second-order valence-corrected chi connectivity index (χ2v) is 10.0. The molecule has 1 aliphatic heterocycles. The standard InChI is InChI=1S/C28H32F4N4O4/c1-40-19-2-3-23-20(14-19)25(17(15-29)16-34-23)24(37)4-5-28(27(38)35-39)6-9-36(10-7-28)11-8-33-18-12-21(30)26(32)22(31)13-18/h2-3,12-14,16,24,33,37,39H,4-11,15H2,1H3,(H,35,38). The van der Waals surface area contributed by atoms with Crippen LogP contribution in [0.5, 0.6) is 5.75 Å². The maximum Gasteiger partial charge on any atom is 0.249 e. The van der Waals surface area contributed by atoms with Gasteiger partial charge in [-0.15, -0.1) is 0 Å². The molecule has 4 rings (SSSR count). The Bertz CT molecular complexity index is 1320. The molecule has 0 radical (unpaired) electrons. The summed E-state index contributed by atoms with van der Waals surface area (Å²) in [5, 5.41) is 24.1. The van der Waals surface area contributed by atoms with Gasteiger partial charge in [-0.1, -0.05) is 0 Å². The third-order valence-electron chi connectivity index (χ3n) is 7.71. The lowest BCUT2D eigenvalue weighted by Gasteiger charge is -2.40. The molecule has 2 heterocycles. The van der Waals surface area contributed by atoms with Crippen LogP contribution in [0.4, 0.5) is 23.2 Å². The number of hydrogen-bond donors (Lipinski definition) is 4. The maximum absolute atomic E-state index is 13.9. The first kappa shape index (κ1) is 29.5. The fraction of sp³-hybridized carbons (Fsp3) is 0.429. The normalized spacial score (nSPS) is 16.1. The van der Waals surface area contributed by atoms with E-state index in [2.05, 4.69) is 10.3 Å². The molecular formula is C28H32F4N4O4. The number of carbonyl (C=O) groups excluding carboxylic acids is 1. The van der Waals surface area contributed by atoms with Crippen LogP contribution in [0, 0.1) is 22.9 Å². The van der Waals surface area contributed by atoms with Gasteiger partial charge in [-0.3, -0.25) is 15.0 Å². The molecule has 0 saturated carbocycles. The number of ether oxygens (including phenoxy) is 1. The lowest BCUT2D eigenvalue weighted by molar-refractivity contribution is -0.143. The number of aliphatic hydroxyl groups excluding tert-OH is 1. The Kier molecular flexibility index (Phi) is 9.44. The van der Waals surface area contributed by atoms with Crippen molar-refractivity contribution in [3.63, 3.8) is 0 Å². The zero-order valence-corrected chi connectivity index (χ0v) is 22.0. The zero-order chi connectivity index (χ0) is 28.9. The van der Waals surface area contributed by atoms with Crippen molar-refractivity contribution in [3.05, 3.63) is 65.1 Å². The van der Waals surface area contributed by atoms with Crippen LogP contribution in [0.15, 0.2) is 36.5 Å². The van der Waals surface area contributed by atoms with Crippen molar-refractivity contribution in [2.45, 2.75) is 38.5 Å². The summed E-state index contributed by atoms with van der Waals surface area (Å²) in [5.41, 5.74) is 2.13. The summed E-state index contributed by atoms with van der Waals surface area (Å²) in [6.07, 6.45) is 1.44. The number of pyridine rings is 1. The predicted molar refractivity (Wildman–Crippen MR) is 140 cm³/mol. The Hall–Kier alpha value is -3.48. The third-order valence-corrected chi connectivity index (χ3v) is 7.71.